The number of thiazole rings is 1. The highest BCUT2D eigenvalue weighted by Gasteiger charge is 2.42. The van der Waals surface area contributed by atoms with E-state index in [1.54, 1.807) is 13.0 Å². The van der Waals surface area contributed by atoms with Gasteiger partial charge in [-0.3, -0.25) is 28.6 Å². The summed E-state index contributed by atoms with van der Waals surface area (Å²) < 4.78 is 1.56. The number of thioether (sulfide) groups is 1. The first-order chi connectivity index (χ1) is 19.3. The van der Waals surface area contributed by atoms with E-state index in [2.05, 4.69) is 17.0 Å². The lowest BCUT2D eigenvalue weighted by atomic mass is 9.96. The average molecular weight is 578 g/mol. The number of imide groups is 1. The number of hydrogen-bond donors (Lipinski definition) is 2. The first-order valence-corrected chi connectivity index (χ1v) is 14.8. The van der Waals surface area contributed by atoms with Crippen LogP contribution in [0.3, 0.4) is 0 Å². The second-order valence-corrected chi connectivity index (χ2v) is 12.1. The van der Waals surface area contributed by atoms with Crippen LogP contribution in [0.4, 0.5) is 16.2 Å². The van der Waals surface area contributed by atoms with E-state index in [0.29, 0.717) is 16.5 Å². The van der Waals surface area contributed by atoms with Crippen LogP contribution in [0.1, 0.15) is 48.8 Å². The van der Waals surface area contributed by atoms with Crippen LogP contribution >= 0.6 is 23.1 Å². The molecule has 2 aliphatic heterocycles. The fraction of sp³-hybridized carbons (Fsp3) is 0.310. The number of carboxylic acids is 1. The third-order valence-corrected chi connectivity index (χ3v) is 10.0. The molecule has 1 aromatic heterocycles. The maximum atomic E-state index is 13.4. The van der Waals surface area contributed by atoms with E-state index in [0.717, 1.165) is 74.3 Å². The average Bonchev–Trinajstić information content (AvgIpc) is 3.67. The van der Waals surface area contributed by atoms with Gasteiger partial charge in [-0.25, -0.2) is 0 Å². The molecule has 9 nitrogen and oxygen atoms in total. The molecule has 11 heteroatoms. The normalized spacial score (nSPS) is 21.9. The van der Waals surface area contributed by atoms with Gasteiger partial charge in [-0.2, -0.15) is 0 Å². The Balaban J connectivity index is 1.45. The van der Waals surface area contributed by atoms with Gasteiger partial charge >= 0.3 is 5.97 Å². The van der Waals surface area contributed by atoms with Gasteiger partial charge in [-0.15, -0.1) is 11.3 Å². The Labute approximate surface area is 237 Å². The summed E-state index contributed by atoms with van der Waals surface area (Å²) in [6.07, 6.45) is 5.01. The quantitative estimate of drug-likeness (QED) is 0.459. The fourth-order valence-corrected chi connectivity index (χ4v) is 8.16. The van der Waals surface area contributed by atoms with E-state index < -0.39 is 29.2 Å². The predicted octanol–water partition coefficient (Wildman–Crippen LogP) is 2.93. The minimum Gasteiger partial charge on any atom is -0.480 e. The lowest BCUT2D eigenvalue weighted by Gasteiger charge is -2.27. The van der Waals surface area contributed by atoms with Gasteiger partial charge in [0.25, 0.3) is 16.7 Å². The van der Waals surface area contributed by atoms with Crippen LogP contribution in [-0.2, 0) is 22.7 Å². The van der Waals surface area contributed by atoms with Gasteiger partial charge in [0.2, 0.25) is 0 Å². The number of aliphatic carboxylic acids is 1. The Bertz CT molecular complexity index is 1730. The number of carbonyl (C=O) groups excluding carboxylic acids is 2. The molecule has 0 radical (unpaired) electrons. The summed E-state index contributed by atoms with van der Waals surface area (Å²) in [5, 5.41) is 18.5. The van der Waals surface area contributed by atoms with Crippen LogP contribution in [0.2, 0.25) is 0 Å². The van der Waals surface area contributed by atoms with Crippen LogP contribution in [0.15, 0.2) is 47.3 Å². The zero-order chi connectivity index (χ0) is 28.1. The lowest BCUT2D eigenvalue weighted by Crippen LogP contribution is -2.35. The highest BCUT2D eigenvalue weighted by Crippen LogP contribution is 2.52. The second kappa shape index (κ2) is 10.4. The monoisotopic (exact) mass is 577 g/mol. The van der Waals surface area contributed by atoms with Gasteiger partial charge < -0.3 is 15.1 Å². The van der Waals surface area contributed by atoms with E-state index in [4.69, 9.17) is 0 Å². The van der Waals surface area contributed by atoms with Crippen molar-refractivity contribution in [1.82, 2.24) is 9.47 Å². The molecule has 206 valence electrons. The summed E-state index contributed by atoms with van der Waals surface area (Å²) in [6.45, 7) is 1.28. The Morgan fingerprint density at radius 1 is 1.10 bits per heavy atom. The van der Waals surface area contributed by atoms with Gasteiger partial charge in [-0.05, 0) is 78.6 Å². The molecule has 40 heavy (non-hydrogen) atoms. The number of hydrogen-bond acceptors (Lipinski definition) is 8. The van der Waals surface area contributed by atoms with E-state index >= 15 is 0 Å². The number of anilines is 2. The molecule has 2 fully saturated rings. The summed E-state index contributed by atoms with van der Waals surface area (Å²) >= 11 is 1.77. The van der Waals surface area contributed by atoms with Gasteiger partial charge in [0.1, 0.15) is 16.1 Å². The van der Waals surface area contributed by atoms with Crippen LogP contribution in [0.25, 0.3) is 11.0 Å². The molecule has 1 aliphatic carbocycles. The van der Waals surface area contributed by atoms with Crippen molar-refractivity contribution in [3.63, 3.8) is 0 Å². The lowest BCUT2D eigenvalue weighted by molar-refractivity contribution is -0.137. The van der Waals surface area contributed by atoms with Gasteiger partial charge in [0, 0.05) is 29.9 Å². The predicted molar refractivity (Wildman–Crippen MR) is 154 cm³/mol. The van der Waals surface area contributed by atoms with Crippen molar-refractivity contribution in [2.45, 2.75) is 51.3 Å². The van der Waals surface area contributed by atoms with Crippen molar-refractivity contribution in [3.8, 4) is 0 Å². The first-order valence-electron chi connectivity index (χ1n) is 13.1. The van der Waals surface area contributed by atoms with E-state index in [1.165, 1.54) is 5.56 Å². The molecular weight excluding hydrogens is 550 g/mol. The van der Waals surface area contributed by atoms with Crippen LogP contribution < -0.4 is 19.7 Å². The van der Waals surface area contributed by atoms with Crippen molar-refractivity contribution in [3.05, 3.63) is 78.7 Å². The molecule has 2 unspecified atom stereocenters. The number of nitrogens with zero attached hydrogens (tertiary/aromatic N) is 3. The second-order valence-electron chi connectivity index (χ2n) is 10.1. The number of carboxylic acid groups (broad SMARTS) is 1. The molecule has 0 bridgehead atoms. The highest BCUT2D eigenvalue weighted by molar-refractivity contribution is 8.23. The molecule has 6 rings (SSSR count). The van der Waals surface area contributed by atoms with E-state index in [-0.39, 0.29) is 22.7 Å². The number of aromatic nitrogens is 1. The van der Waals surface area contributed by atoms with E-state index in [1.807, 2.05) is 30.3 Å². The van der Waals surface area contributed by atoms with Crippen molar-refractivity contribution in [1.29, 1.82) is 0 Å². The van der Waals surface area contributed by atoms with Crippen molar-refractivity contribution in [2.75, 3.05) is 11.4 Å². The maximum Gasteiger partial charge on any atom is 0.323 e. The third kappa shape index (κ3) is 4.38. The zero-order valence-corrected chi connectivity index (χ0v) is 23.3. The van der Waals surface area contributed by atoms with E-state index in [9.17, 15) is 29.4 Å². The largest absolute Gasteiger partial charge is 0.480 e. The van der Waals surface area contributed by atoms with Crippen molar-refractivity contribution >= 4 is 62.6 Å². The zero-order valence-electron chi connectivity index (χ0n) is 21.7. The number of rotatable bonds is 6. The summed E-state index contributed by atoms with van der Waals surface area (Å²) in [7, 11) is 0. The van der Waals surface area contributed by atoms with Gasteiger partial charge in [0.15, 0.2) is 0 Å². The summed E-state index contributed by atoms with van der Waals surface area (Å²) in [5.74, 6) is -1.36. The molecule has 3 aliphatic rings. The molecule has 3 aromatic rings. The SMILES string of the molecule is CCN1C(=O)S/C(=c2/s/c(=C/c3ccc4c(c3)C3CCCC3N4c3ccc(CO)cc3)c(=O)n2CC(=O)O)C1=O. The molecule has 3 heterocycles. The molecule has 2 atom stereocenters. The molecule has 0 spiro atoms. The number of fused-ring (bicyclic) bond motifs is 3. The highest BCUT2D eigenvalue weighted by atomic mass is 32.2. The van der Waals surface area contributed by atoms with Crippen LogP contribution in [0.5, 0.6) is 0 Å². The smallest absolute Gasteiger partial charge is 0.323 e. The summed E-state index contributed by atoms with van der Waals surface area (Å²) in [5.41, 5.74) is 4.59. The molecule has 2 aromatic carbocycles. The topological polar surface area (TPSA) is 120 Å². The Kier molecular flexibility index (Phi) is 6.89. The molecular formula is C29H27N3O6S2. The van der Waals surface area contributed by atoms with Gasteiger partial charge in [-0.1, -0.05) is 24.6 Å². The molecule has 2 N–H and O–H groups in total. The number of aliphatic hydroxyl groups is 1. The molecule has 1 saturated carbocycles. The summed E-state index contributed by atoms with van der Waals surface area (Å²) in [6, 6.07) is 14.4. The first kappa shape index (κ1) is 26.5. The minimum atomic E-state index is -1.21. The van der Waals surface area contributed by atoms with Crippen molar-refractivity contribution in [2.24, 2.45) is 0 Å². The number of aliphatic hydroxyl groups excluding tert-OH is 1. The number of benzene rings is 2. The third-order valence-electron chi connectivity index (χ3n) is 7.78. The Morgan fingerprint density at radius 3 is 2.55 bits per heavy atom. The number of amides is 2. The minimum absolute atomic E-state index is 0.0000143. The number of carbonyl (C=O) groups is 3. The van der Waals surface area contributed by atoms with Crippen LogP contribution in [-0.4, -0.2) is 49.4 Å². The van der Waals surface area contributed by atoms with Crippen LogP contribution in [0, 0.1) is 0 Å². The molecule has 2 amide bonds. The van der Waals surface area contributed by atoms with Crippen molar-refractivity contribution < 1.29 is 24.6 Å². The fourth-order valence-electron chi connectivity index (χ4n) is 5.98. The maximum absolute atomic E-state index is 13.4. The standard InChI is InChI=1S/C29H27N3O6S2/c1-2-30-27(37)25(40-29(30)38)28-31(14-24(34)35)26(36)23(39-28)13-17-8-11-22-20(12-17)19-4-3-5-21(19)32(22)18-9-6-16(15-33)7-10-18/h6-13,19,21,33H,2-5,14-15H2,1H3,(H,34,35)/b23-13+,28-25+. The Hall–Kier alpha value is -3.67. The Morgan fingerprint density at radius 2 is 1.88 bits per heavy atom. The van der Waals surface area contributed by atoms with Gasteiger partial charge in [0.05, 0.1) is 11.1 Å². The summed E-state index contributed by atoms with van der Waals surface area (Å²) in [4.78, 5) is 53.6. The molecule has 1 saturated heterocycles.